The molecule has 1 aliphatic carbocycles. The first-order valence-electron chi connectivity index (χ1n) is 8.59. The highest BCUT2D eigenvalue weighted by molar-refractivity contribution is 5.84. The Kier molecular flexibility index (Phi) is 5.48. The SMILES string of the molecule is CCCC1NC(C(C)C)N(CC2CCCC(C)C2)C1=O. The van der Waals surface area contributed by atoms with Crippen molar-refractivity contribution < 1.29 is 4.79 Å². The van der Waals surface area contributed by atoms with E-state index in [1.54, 1.807) is 0 Å². The summed E-state index contributed by atoms with van der Waals surface area (Å²) < 4.78 is 0. The van der Waals surface area contributed by atoms with Crippen LogP contribution in [0.5, 0.6) is 0 Å². The van der Waals surface area contributed by atoms with Gasteiger partial charge in [0.2, 0.25) is 5.91 Å². The van der Waals surface area contributed by atoms with Crippen molar-refractivity contribution in [3.8, 4) is 0 Å². The fourth-order valence-electron chi connectivity index (χ4n) is 3.96. The fourth-order valence-corrected chi connectivity index (χ4v) is 3.96. The van der Waals surface area contributed by atoms with Crippen molar-refractivity contribution in [1.82, 2.24) is 10.2 Å². The third kappa shape index (κ3) is 3.55. The Balaban J connectivity index is 2.00. The molecule has 4 atom stereocenters. The molecule has 0 aromatic heterocycles. The van der Waals surface area contributed by atoms with E-state index in [1.807, 2.05) is 0 Å². The van der Waals surface area contributed by atoms with Crippen LogP contribution in [0.4, 0.5) is 0 Å². The van der Waals surface area contributed by atoms with Crippen LogP contribution in [-0.2, 0) is 4.79 Å². The largest absolute Gasteiger partial charge is 0.325 e. The minimum absolute atomic E-state index is 0.0633. The molecule has 116 valence electrons. The van der Waals surface area contributed by atoms with Crippen molar-refractivity contribution in [3.05, 3.63) is 0 Å². The number of hydrogen-bond acceptors (Lipinski definition) is 2. The summed E-state index contributed by atoms with van der Waals surface area (Å²) in [4.78, 5) is 14.8. The van der Waals surface area contributed by atoms with Crippen LogP contribution in [0, 0.1) is 17.8 Å². The van der Waals surface area contributed by atoms with Gasteiger partial charge >= 0.3 is 0 Å². The molecule has 4 unspecified atom stereocenters. The summed E-state index contributed by atoms with van der Waals surface area (Å²) in [6.45, 7) is 9.92. The minimum Gasteiger partial charge on any atom is -0.325 e. The Hall–Kier alpha value is -0.570. The zero-order valence-electron chi connectivity index (χ0n) is 13.7. The third-order valence-electron chi connectivity index (χ3n) is 5.00. The first kappa shape index (κ1) is 15.8. The van der Waals surface area contributed by atoms with Gasteiger partial charge in [-0.3, -0.25) is 10.1 Å². The first-order chi connectivity index (χ1) is 9.52. The highest BCUT2D eigenvalue weighted by atomic mass is 16.2. The van der Waals surface area contributed by atoms with Gasteiger partial charge in [-0.25, -0.2) is 0 Å². The van der Waals surface area contributed by atoms with E-state index >= 15 is 0 Å². The van der Waals surface area contributed by atoms with E-state index in [2.05, 4.69) is 37.9 Å². The maximum atomic E-state index is 12.6. The van der Waals surface area contributed by atoms with Gasteiger partial charge < -0.3 is 4.90 Å². The molecule has 1 N–H and O–H groups in total. The van der Waals surface area contributed by atoms with Crippen molar-refractivity contribution in [2.45, 2.75) is 78.4 Å². The van der Waals surface area contributed by atoms with Gasteiger partial charge in [0.15, 0.2) is 0 Å². The molecule has 20 heavy (non-hydrogen) atoms. The Morgan fingerprint density at radius 1 is 1.35 bits per heavy atom. The Bertz CT molecular complexity index is 329. The molecule has 0 aromatic rings. The van der Waals surface area contributed by atoms with Crippen LogP contribution in [0.1, 0.15) is 66.2 Å². The number of nitrogens with zero attached hydrogens (tertiary/aromatic N) is 1. The molecule has 1 amide bonds. The maximum absolute atomic E-state index is 12.6. The molecule has 2 aliphatic rings. The maximum Gasteiger partial charge on any atom is 0.241 e. The molecule has 2 fully saturated rings. The van der Waals surface area contributed by atoms with E-state index in [-0.39, 0.29) is 12.2 Å². The van der Waals surface area contributed by atoms with Crippen molar-refractivity contribution in [1.29, 1.82) is 0 Å². The number of rotatable bonds is 5. The standard InChI is InChI=1S/C17H32N2O/c1-5-7-15-17(20)19(16(18-15)12(2)3)11-14-9-6-8-13(4)10-14/h12-16,18H,5-11H2,1-4H3. The van der Waals surface area contributed by atoms with E-state index < -0.39 is 0 Å². The molecule has 1 saturated carbocycles. The number of hydrogen-bond donors (Lipinski definition) is 1. The quantitative estimate of drug-likeness (QED) is 0.837. The number of nitrogens with one attached hydrogen (secondary N) is 1. The van der Waals surface area contributed by atoms with Gasteiger partial charge in [0.05, 0.1) is 12.2 Å². The lowest BCUT2D eigenvalue weighted by Crippen LogP contribution is -2.44. The topological polar surface area (TPSA) is 32.3 Å². The molecule has 0 spiro atoms. The summed E-state index contributed by atoms with van der Waals surface area (Å²) in [5.41, 5.74) is 0. The van der Waals surface area contributed by atoms with Gasteiger partial charge in [-0.15, -0.1) is 0 Å². The molecular weight excluding hydrogens is 248 g/mol. The predicted octanol–water partition coefficient (Wildman–Crippen LogP) is 3.40. The van der Waals surface area contributed by atoms with E-state index in [1.165, 1.54) is 25.7 Å². The number of carbonyl (C=O) groups excluding carboxylic acids is 1. The van der Waals surface area contributed by atoms with Crippen LogP contribution in [0.25, 0.3) is 0 Å². The monoisotopic (exact) mass is 280 g/mol. The molecule has 2 rings (SSSR count). The van der Waals surface area contributed by atoms with E-state index in [0.29, 0.717) is 17.7 Å². The Morgan fingerprint density at radius 3 is 2.70 bits per heavy atom. The van der Waals surface area contributed by atoms with E-state index in [4.69, 9.17) is 0 Å². The van der Waals surface area contributed by atoms with Gasteiger partial charge in [-0.05, 0) is 37.0 Å². The lowest BCUT2D eigenvalue weighted by atomic mass is 9.82. The summed E-state index contributed by atoms with van der Waals surface area (Å²) in [7, 11) is 0. The molecule has 0 aromatic carbocycles. The number of carbonyl (C=O) groups is 1. The molecule has 1 heterocycles. The van der Waals surface area contributed by atoms with E-state index in [0.717, 1.165) is 25.3 Å². The molecular formula is C17H32N2O. The van der Waals surface area contributed by atoms with Crippen LogP contribution < -0.4 is 5.32 Å². The number of amides is 1. The second-order valence-corrected chi connectivity index (χ2v) is 7.33. The molecule has 0 radical (unpaired) electrons. The average Bonchev–Trinajstić information content (AvgIpc) is 2.69. The molecule has 1 saturated heterocycles. The van der Waals surface area contributed by atoms with Gasteiger partial charge in [0.25, 0.3) is 0 Å². The second kappa shape index (κ2) is 6.93. The van der Waals surface area contributed by atoms with Crippen LogP contribution in [0.15, 0.2) is 0 Å². The summed E-state index contributed by atoms with van der Waals surface area (Å²) in [5.74, 6) is 2.39. The van der Waals surface area contributed by atoms with E-state index in [9.17, 15) is 4.79 Å². The highest BCUT2D eigenvalue weighted by Gasteiger charge is 2.40. The van der Waals surface area contributed by atoms with Crippen LogP contribution in [0.3, 0.4) is 0 Å². The lowest BCUT2D eigenvalue weighted by Gasteiger charge is -2.34. The van der Waals surface area contributed by atoms with Gasteiger partial charge in [-0.1, -0.05) is 47.0 Å². The van der Waals surface area contributed by atoms with Gasteiger partial charge in [0.1, 0.15) is 0 Å². The van der Waals surface area contributed by atoms with Gasteiger partial charge in [0, 0.05) is 6.54 Å². The predicted molar refractivity (Wildman–Crippen MR) is 83.3 cm³/mol. The molecule has 3 nitrogen and oxygen atoms in total. The summed E-state index contributed by atoms with van der Waals surface area (Å²) in [6.07, 6.45) is 7.60. The lowest BCUT2D eigenvalue weighted by molar-refractivity contribution is -0.131. The van der Waals surface area contributed by atoms with Crippen molar-refractivity contribution in [2.24, 2.45) is 17.8 Å². The highest BCUT2D eigenvalue weighted by Crippen LogP contribution is 2.31. The third-order valence-corrected chi connectivity index (χ3v) is 5.00. The van der Waals surface area contributed by atoms with Crippen molar-refractivity contribution in [2.75, 3.05) is 6.54 Å². The van der Waals surface area contributed by atoms with Crippen molar-refractivity contribution in [3.63, 3.8) is 0 Å². The summed E-state index contributed by atoms with van der Waals surface area (Å²) >= 11 is 0. The zero-order chi connectivity index (χ0) is 14.7. The Labute approximate surface area is 124 Å². The summed E-state index contributed by atoms with van der Waals surface area (Å²) in [6, 6.07) is 0.0633. The fraction of sp³-hybridized carbons (Fsp3) is 0.941. The van der Waals surface area contributed by atoms with Gasteiger partial charge in [-0.2, -0.15) is 0 Å². The molecule has 0 bridgehead atoms. The smallest absolute Gasteiger partial charge is 0.241 e. The van der Waals surface area contributed by atoms with Crippen LogP contribution in [0.2, 0.25) is 0 Å². The Morgan fingerprint density at radius 2 is 2.10 bits per heavy atom. The average molecular weight is 280 g/mol. The first-order valence-corrected chi connectivity index (χ1v) is 8.59. The molecule has 1 aliphatic heterocycles. The van der Waals surface area contributed by atoms with Crippen molar-refractivity contribution >= 4 is 5.91 Å². The van der Waals surface area contributed by atoms with Crippen LogP contribution >= 0.6 is 0 Å². The minimum atomic E-state index is 0.0633. The molecule has 3 heteroatoms. The van der Waals surface area contributed by atoms with Crippen LogP contribution in [-0.4, -0.2) is 29.6 Å². The zero-order valence-corrected chi connectivity index (χ0v) is 13.7. The normalized spacial score (nSPS) is 35.0. The summed E-state index contributed by atoms with van der Waals surface area (Å²) in [5, 5.41) is 3.57. The second-order valence-electron chi connectivity index (χ2n) is 7.33.